The molecule has 3 rings (SSSR count). The van der Waals surface area contributed by atoms with Crippen LogP contribution >= 0.6 is 0 Å². The van der Waals surface area contributed by atoms with Gasteiger partial charge in [0.25, 0.3) is 0 Å². The molecular weight excluding hydrogens is 314 g/mol. The lowest BCUT2D eigenvalue weighted by Gasteiger charge is -2.25. The number of carboxylic acid groups (broad SMARTS) is 1. The lowest BCUT2D eigenvalue weighted by atomic mass is 9.97. The predicted molar refractivity (Wildman–Crippen MR) is 80.6 cm³/mol. The van der Waals surface area contributed by atoms with Crippen LogP contribution in [0.25, 0.3) is 11.6 Å². The molecule has 1 saturated carbocycles. The molecule has 2 heterocycles. The topological polar surface area (TPSA) is 131 Å². The number of hydrogen-bond donors (Lipinski definition) is 2. The molecule has 1 aliphatic carbocycles. The molecule has 126 valence electrons. The second kappa shape index (κ2) is 6.73. The van der Waals surface area contributed by atoms with Gasteiger partial charge in [-0.3, -0.25) is 4.79 Å². The summed E-state index contributed by atoms with van der Waals surface area (Å²) in [6.45, 7) is 0. The van der Waals surface area contributed by atoms with E-state index in [1.54, 1.807) is 18.5 Å². The van der Waals surface area contributed by atoms with Gasteiger partial charge in [-0.1, -0.05) is 18.0 Å². The first-order valence-corrected chi connectivity index (χ1v) is 7.73. The van der Waals surface area contributed by atoms with Crippen molar-refractivity contribution in [1.82, 2.24) is 25.4 Å². The highest BCUT2D eigenvalue weighted by Gasteiger charge is 2.42. The predicted octanol–water partition coefficient (Wildman–Crippen LogP) is 0.973. The van der Waals surface area contributed by atoms with E-state index in [9.17, 15) is 14.7 Å². The van der Waals surface area contributed by atoms with Crippen LogP contribution in [-0.4, -0.2) is 42.6 Å². The monoisotopic (exact) mass is 331 g/mol. The Balaban J connectivity index is 1.57. The van der Waals surface area contributed by atoms with Gasteiger partial charge in [-0.05, 0) is 18.9 Å². The van der Waals surface area contributed by atoms with Crippen molar-refractivity contribution in [3.63, 3.8) is 0 Å². The minimum absolute atomic E-state index is 0.0757. The molecule has 1 fully saturated rings. The Hall–Kier alpha value is -2.84. The number of amides is 1. The Labute approximate surface area is 137 Å². The number of aryl methyl sites for hydroxylation is 1. The van der Waals surface area contributed by atoms with Crippen LogP contribution in [0, 0.1) is 0 Å². The Morgan fingerprint density at radius 3 is 2.58 bits per heavy atom. The Morgan fingerprint density at radius 1 is 1.21 bits per heavy atom. The average Bonchev–Trinajstić information content (AvgIpc) is 3.24. The van der Waals surface area contributed by atoms with Gasteiger partial charge in [0.15, 0.2) is 0 Å². The largest absolute Gasteiger partial charge is 0.480 e. The van der Waals surface area contributed by atoms with Crippen molar-refractivity contribution in [3.05, 3.63) is 24.4 Å². The van der Waals surface area contributed by atoms with Crippen molar-refractivity contribution in [2.45, 2.75) is 44.1 Å². The van der Waals surface area contributed by atoms with Crippen molar-refractivity contribution in [1.29, 1.82) is 0 Å². The fraction of sp³-hybridized carbons (Fsp3) is 0.467. The van der Waals surface area contributed by atoms with E-state index in [0.717, 1.165) is 12.8 Å². The number of hydrogen-bond acceptors (Lipinski definition) is 7. The number of carboxylic acids is 1. The number of carbonyl (C=O) groups excluding carboxylic acids is 1. The first-order chi connectivity index (χ1) is 11.6. The van der Waals surface area contributed by atoms with Gasteiger partial charge in [-0.2, -0.15) is 4.98 Å². The van der Waals surface area contributed by atoms with Crippen LogP contribution in [0.4, 0.5) is 0 Å². The molecule has 0 unspecified atom stereocenters. The van der Waals surface area contributed by atoms with Gasteiger partial charge in [-0.15, -0.1) is 0 Å². The number of rotatable bonds is 6. The standard InChI is InChI=1S/C15H17N5O4/c21-10(19-15(14(22)23)6-1-2-7-15)4-5-11-18-13(20-24-11)12-16-8-3-9-17-12/h3,8-9H,1-2,4-7H2,(H,19,21)(H,22,23). The molecule has 0 bridgehead atoms. The van der Waals surface area contributed by atoms with Crippen molar-refractivity contribution in [2.75, 3.05) is 0 Å². The summed E-state index contributed by atoms with van der Waals surface area (Å²) in [5.74, 6) is -0.440. The smallest absolute Gasteiger partial charge is 0.329 e. The molecule has 0 atom stereocenters. The number of aliphatic carboxylic acids is 1. The molecule has 0 aromatic carbocycles. The first kappa shape index (κ1) is 16.0. The van der Waals surface area contributed by atoms with Crippen molar-refractivity contribution < 1.29 is 19.2 Å². The molecule has 2 N–H and O–H groups in total. The van der Waals surface area contributed by atoms with Gasteiger partial charge >= 0.3 is 5.97 Å². The van der Waals surface area contributed by atoms with Gasteiger partial charge < -0.3 is 14.9 Å². The molecule has 0 saturated heterocycles. The lowest BCUT2D eigenvalue weighted by molar-refractivity contribution is -0.147. The molecular formula is C15H17N5O4. The molecule has 0 aliphatic heterocycles. The highest BCUT2D eigenvalue weighted by atomic mass is 16.5. The van der Waals surface area contributed by atoms with E-state index < -0.39 is 11.5 Å². The Morgan fingerprint density at radius 2 is 1.92 bits per heavy atom. The molecule has 1 aliphatic rings. The normalized spacial score (nSPS) is 16.0. The highest BCUT2D eigenvalue weighted by Crippen LogP contribution is 2.30. The summed E-state index contributed by atoms with van der Waals surface area (Å²) >= 11 is 0. The molecule has 2 aromatic heterocycles. The van der Waals surface area contributed by atoms with Gasteiger partial charge in [0, 0.05) is 25.2 Å². The van der Waals surface area contributed by atoms with E-state index in [1.807, 2.05) is 0 Å². The third-order valence-electron chi connectivity index (χ3n) is 4.04. The zero-order chi connectivity index (χ0) is 17.0. The van der Waals surface area contributed by atoms with Gasteiger partial charge in [0.1, 0.15) is 5.54 Å². The van der Waals surface area contributed by atoms with Crippen LogP contribution in [0.15, 0.2) is 23.0 Å². The van der Waals surface area contributed by atoms with Crippen molar-refractivity contribution in [2.24, 2.45) is 0 Å². The maximum atomic E-state index is 12.1. The summed E-state index contributed by atoms with van der Waals surface area (Å²) in [5.41, 5.74) is -1.13. The van der Waals surface area contributed by atoms with Crippen molar-refractivity contribution >= 4 is 11.9 Å². The van der Waals surface area contributed by atoms with Gasteiger partial charge in [-0.25, -0.2) is 14.8 Å². The second-order valence-corrected chi connectivity index (χ2v) is 5.73. The van der Waals surface area contributed by atoms with Crippen LogP contribution in [0.1, 0.15) is 38.0 Å². The minimum Gasteiger partial charge on any atom is -0.480 e. The van der Waals surface area contributed by atoms with Gasteiger partial charge in [0.2, 0.25) is 23.4 Å². The van der Waals surface area contributed by atoms with Crippen LogP contribution in [-0.2, 0) is 16.0 Å². The zero-order valence-corrected chi connectivity index (χ0v) is 12.9. The SMILES string of the molecule is O=C(CCc1nc(-c2ncccn2)no1)NC1(C(=O)O)CCCC1. The van der Waals surface area contributed by atoms with E-state index in [1.165, 1.54) is 0 Å². The fourth-order valence-corrected chi connectivity index (χ4v) is 2.78. The summed E-state index contributed by atoms with van der Waals surface area (Å²) in [6, 6.07) is 1.68. The fourth-order valence-electron chi connectivity index (χ4n) is 2.78. The number of carbonyl (C=O) groups is 2. The minimum atomic E-state index is -1.13. The van der Waals surface area contributed by atoms with E-state index >= 15 is 0 Å². The van der Waals surface area contributed by atoms with Gasteiger partial charge in [0.05, 0.1) is 0 Å². The van der Waals surface area contributed by atoms with Crippen LogP contribution in [0.2, 0.25) is 0 Å². The third kappa shape index (κ3) is 3.39. The maximum Gasteiger partial charge on any atom is 0.329 e. The zero-order valence-electron chi connectivity index (χ0n) is 12.9. The highest BCUT2D eigenvalue weighted by molar-refractivity contribution is 5.87. The van der Waals surface area contributed by atoms with E-state index in [-0.39, 0.29) is 30.5 Å². The van der Waals surface area contributed by atoms with E-state index in [2.05, 4.69) is 25.4 Å². The molecule has 1 amide bonds. The number of nitrogens with zero attached hydrogens (tertiary/aromatic N) is 4. The maximum absolute atomic E-state index is 12.1. The third-order valence-corrected chi connectivity index (χ3v) is 4.04. The summed E-state index contributed by atoms with van der Waals surface area (Å²) in [4.78, 5) is 35.7. The molecule has 24 heavy (non-hydrogen) atoms. The molecule has 0 radical (unpaired) electrons. The quantitative estimate of drug-likeness (QED) is 0.800. The average molecular weight is 331 g/mol. The summed E-state index contributed by atoms with van der Waals surface area (Å²) in [6.07, 6.45) is 5.97. The summed E-state index contributed by atoms with van der Waals surface area (Å²) in [5, 5.41) is 15.8. The first-order valence-electron chi connectivity index (χ1n) is 7.73. The lowest BCUT2D eigenvalue weighted by Crippen LogP contribution is -2.52. The van der Waals surface area contributed by atoms with Crippen LogP contribution in [0.5, 0.6) is 0 Å². The Bertz CT molecular complexity index is 724. The molecule has 0 spiro atoms. The molecule has 9 nitrogen and oxygen atoms in total. The second-order valence-electron chi connectivity index (χ2n) is 5.73. The summed E-state index contributed by atoms with van der Waals surface area (Å²) < 4.78 is 5.07. The molecule has 9 heteroatoms. The van der Waals surface area contributed by atoms with E-state index in [0.29, 0.717) is 18.7 Å². The van der Waals surface area contributed by atoms with Crippen LogP contribution < -0.4 is 5.32 Å². The van der Waals surface area contributed by atoms with Crippen LogP contribution in [0.3, 0.4) is 0 Å². The number of aromatic nitrogens is 4. The summed E-state index contributed by atoms with van der Waals surface area (Å²) in [7, 11) is 0. The van der Waals surface area contributed by atoms with Crippen molar-refractivity contribution in [3.8, 4) is 11.6 Å². The number of nitrogens with one attached hydrogen (secondary N) is 1. The Kier molecular flexibility index (Phi) is 4.50. The van der Waals surface area contributed by atoms with E-state index in [4.69, 9.17) is 4.52 Å². The molecule has 2 aromatic rings.